The Labute approximate surface area is 140 Å². The lowest BCUT2D eigenvalue weighted by atomic mass is 9.89. The van der Waals surface area contributed by atoms with E-state index in [-0.39, 0.29) is 12.3 Å². The number of piperidine rings is 1. The van der Waals surface area contributed by atoms with Crippen molar-refractivity contribution >= 4 is 11.9 Å². The first kappa shape index (κ1) is 18.2. The maximum Gasteiger partial charge on any atom is 0.303 e. The Morgan fingerprint density at radius 1 is 1.09 bits per heavy atom. The fraction of sp³-hybridized carbons (Fsp3) is 0.889. The minimum absolute atomic E-state index is 0.217. The zero-order valence-corrected chi connectivity index (χ0v) is 14.5. The highest BCUT2D eigenvalue weighted by molar-refractivity contribution is 5.78. The molecule has 0 spiro atoms. The highest BCUT2D eigenvalue weighted by Gasteiger charge is 2.24. The third-order valence-electron chi connectivity index (χ3n) is 5.41. The van der Waals surface area contributed by atoms with E-state index in [2.05, 4.69) is 4.90 Å². The number of rotatable bonds is 7. The van der Waals surface area contributed by atoms with Gasteiger partial charge in [-0.15, -0.1) is 0 Å². The summed E-state index contributed by atoms with van der Waals surface area (Å²) in [6.45, 7) is 3.23. The van der Waals surface area contributed by atoms with Gasteiger partial charge in [0.2, 0.25) is 5.91 Å². The molecule has 1 aliphatic carbocycles. The molecule has 0 aromatic rings. The predicted molar refractivity (Wildman–Crippen MR) is 90.2 cm³/mol. The Hall–Kier alpha value is -1.10. The van der Waals surface area contributed by atoms with Crippen LogP contribution in [-0.4, -0.2) is 60.0 Å². The molecule has 2 rings (SSSR count). The maximum absolute atomic E-state index is 12.4. The number of likely N-dealkylation sites (tertiary alicyclic amines) is 1. The van der Waals surface area contributed by atoms with Crippen LogP contribution in [-0.2, 0) is 9.59 Å². The first-order chi connectivity index (χ1) is 11.0. The zero-order valence-electron chi connectivity index (χ0n) is 14.5. The van der Waals surface area contributed by atoms with Crippen molar-refractivity contribution in [1.29, 1.82) is 0 Å². The molecule has 23 heavy (non-hydrogen) atoms. The molecule has 1 saturated heterocycles. The zero-order chi connectivity index (χ0) is 16.7. The molecule has 1 unspecified atom stereocenters. The molecule has 0 aromatic carbocycles. The van der Waals surface area contributed by atoms with Crippen LogP contribution in [0.5, 0.6) is 0 Å². The first-order valence-electron chi connectivity index (χ1n) is 9.22. The fourth-order valence-corrected chi connectivity index (χ4v) is 4.03. The second-order valence-electron chi connectivity index (χ2n) is 7.45. The number of likely N-dealkylation sites (N-methyl/N-ethyl adjacent to an activating group) is 1. The minimum Gasteiger partial charge on any atom is -0.481 e. The van der Waals surface area contributed by atoms with Crippen LogP contribution in [0.2, 0.25) is 0 Å². The van der Waals surface area contributed by atoms with Gasteiger partial charge in [-0.05, 0) is 50.5 Å². The van der Waals surface area contributed by atoms with E-state index in [0.29, 0.717) is 18.4 Å². The van der Waals surface area contributed by atoms with Gasteiger partial charge in [-0.3, -0.25) is 14.5 Å². The molecular formula is C18H32N2O3. The monoisotopic (exact) mass is 324 g/mol. The van der Waals surface area contributed by atoms with E-state index < -0.39 is 5.97 Å². The molecule has 132 valence electrons. The molecular weight excluding hydrogens is 292 g/mol. The summed E-state index contributed by atoms with van der Waals surface area (Å²) < 4.78 is 0. The second kappa shape index (κ2) is 9.26. The van der Waals surface area contributed by atoms with Crippen LogP contribution < -0.4 is 0 Å². The summed E-state index contributed by atoms with van der Waals surface area (Å²) in [5.74, 6) is 0.610. The van der Waals surface area contributed by atoms with Crippen molar-refractivity contribution in [3.05, 3.63) is 0 Å². The van der Waals surface area contributed by atoms with Crippen LogP contribution in [0, 0.1) is 11.8 Å². The summed E-state index contributed by atoms with van der Waals surface area (Å²) in [5, 5.41) is 8.81. The number of carbonyl (C=O) groups excluding carboxylic acids is 1. The van der Waals surface area contributed by atoms with E-state index >= 15 is 0 Å². The van der Waals surface area contributed by atoms with Crippen LogP contribution in [0.1, 0.15) is 57.8 Å². The van der Waals surface area contributed by atoms with E-state index in [0.717, 1.165) is 38.9 Å². The van der Waals surface area contributed by atoms with Crippen LogP contribution in [0.25, 0.3) is 0 Å². The van der Waals surface area contributed by atoms with Crippen molar-refractivity contribution in [2.75, 3.05) is 33.2 Å². The summed E-state index contributed by atoms with van der Waals surface area (Å²) in [6.07, 6.45) is 9.64. The van der Waals surface area contributed by atoms with Gasteiger partial charge in [0.05, 0.1) is 6.54 Å². The summed E-state index contributed by atoms with van der Waals surface area (Å²) >= 11 is 0. The Morgan fingerprint density at radius 2 is 1.78 bits per heavy atom. The summed E-state index contributed by atoms with van der Waals surface area (Å²) in [5.41, 5.74) is 0. The molecule has 1 saturated carbocycles. The lowest BCUT2D eigenvalue weighted by Gasteiger charge is -2.34. The highest BCUT2D eigenvalue weighted by atomic mass is 16.4. The van der Waals surface area contributed by atoms with Crippen molar-refractivity contribution in [1.82, 2.24) is 9.80 Å². The van der Waals surface area contributed by atoms with Gasteiger partial charge in [0.25, 0.3) is 0 Å². The molecule has 5 heteroatoms. The van der Waals surface area contributed by atoms with E-state index in [1.165, 1.54) is 32.1 Å². The molecule has 1 heterocycles. The van der Waals surface area contributed by atoms with Gasteiger partial charge in [-0.25, -0.2) is 0 Å². The molecule has 0 radical (unpaired) electrons. The summed E-state index contributed by atoms with van der Waals surface area (Å²) in [4.78, 5) is 27.3. The number of carboxylic acids is 1. The standard InChI is InChI=1S/C18H32N2O3/c1-19(12-15-6-3-2-4-7-15)17(21)14-20-11-5-8-16(13-20)9-10-18(22)23/h15-16H,2-14H2,1H3,(H,22,23). The van der Waals surface area contributed by atoms with E-state index in [1.807, 2.05) is 11.9 Å². The Balaban J connectivity index is 1.71. The third kappa shape index (κ3) is 6.50. The molecule has 1 aliphatic heterocycles. The predicted octanol–water partition coefficient (Wildman–Crippen LogP) is 2.60. The van der Waals surface area contributed by atoms with Gasteiger partial charge in [0, 0.05) is 26.6 Å². The Morgan fingerprint density at radius 3 is 2.48 bits per heavy atom. The largest absolute Gasteiger partial charge is 0.481 e. The Kier molecular flexibility index (Phi) is 7.34. The number of aliphatic carboxylic acids is 1. The molecule has 2 aliphatic rings. The van der Waals surface area contributed by atoms with Crippen LogP contribution in [0.3, 0.4) is 0 Å². The van der Waals surface area contributed by atoms with Crippen LogP contribution in [0.4, 0.5) is 0 Å². The quantitative estimate of drug-likeness (QED) is 0.782. The third-order valence-corrected chi connectivity index (χ3v) is 5.41. The molecule has 0 aromatic heterocycles. The van der Waals surface area contributed by atoms with Crippen molar-refractivity contribution in [2.45, 2.75) is 57.8 Å². The number of hydrogen-bond donors (Lipinski definition) is 1. The normalized spacial score (nSPS) is 23.6. The van der Waals surface area contributed by atoms with Gasteiger partial charge in [-0.2, -0.15) is 0 Å². The van der Waals surface area contributed by atoms with Gasteiger partial charge in [0.15, 0.2) is 0 Å². The topological polar surface area (TPSA) is 60.9 Å². The van der Waals surface area contributed by atoms with Crippen LogP contribution in [0.15, 0.2) is 0 Å². The number of carboxylic acid groups (broad SMARTS) is 1. The van der Waals surface area contributed by atoms with Gasteiger partial charge in [0.1, 0.15) is 0 Å². The van der Waals surface area contributed by atoms with E-state index in [9.17, 15) is 9.59 Å². The number of hydrogen-bond acceptors (Lipinski definition) is 3. The molecule has 1 amide bonds. The molecule has 1 N–H and O–H groups in total. The van der Waals surface area contributed by atoms with Crippen molar-refractivity contribution < 1.29 is 14.7 Å². The average molecular weight is 324 g/mol. The summed E-state index contributed by atoms with van der Waals surface area (Å²) in [6, 6.07) is 0. The molecule has 0 bridgehead atoms. The van der Waals surface area contributed by atoms with Crippen molar-refractivity contribution in [3.8, 4) is 0 Å². The van der Waals surface area contributed by atoms with Crippen molar-refractivity contribution in [2.24, 2.45) is 11.8 Å². The second-order valence-corrected chi connectivity index (χ2v) is 7.45. The Bertz CT molecular complexity index is 394. The smallest absolute Gasteiger partial charge is 0.303 e. The van der Waals surface area contributed by atoms with Crippen LogP contribution >= 0.6 is 0 Å². The van der Waals surface area contributed by atoms with E-state index in [4.69, 9.17) is 5.11 Å². The average Bonchev–Trinajstić information content (AvgIpc) is 2.54. The SMILES string of the molecule is CN(CC1CCCCC1)C(=O)CN1CCCC(CCC(=O)O)C1. The lowest BCUT2D eigenvalue weighted by Crippen LogP contribution is -2.44. The molecule has 2 fully saturated rings. The van der Waals surface area contributed by atoms with E-state index in [1.54, 1.807) is 0 Å². The maximum atomic E-state index is 12.4. The van der Waals surface area contributed by atoms with Gasteiger partial charge >= 0.3 is 5.97 Å². The van der Waals surface area contributed by atoms with Crippen molar-refractivity contribution in [3.63, 3.8) is 0 Å². The summed E-state index contributed by atoms with van der Waals surface area (Å²) in [7, 11) is 1.93. The lowest BCUT2D eigenvalue weighted by molar-refractivity contribution is -0.137. The minimum atomic E-state index is -0.717. The molecule has 1 atom stereocenters. The number of nitrogens with zero attached hydrogens (tertiary/aromatic N) is 2. The first-order valence-corrected chi connectivity index (χ1v) is 9.22. The molecule has 5 nitrogen and oxygen atoms in total. The number of carbonyl (C=O) groups is 2. The number of amides is 1. The highest BCUT2D eigenvalue weighted by Crippen LogP contribution is 2.24. The van der Waals surface area contributed by atoms with Gasteiger partial charge in [-0.1, -0.05) is 19.3 Å². The fourth-order valence-electron chi connectivity index (χ4n) is 4.03. The van der Waals surface area contributed by atoms with Gasteiger partial charge < -0.3 is 10.0 Å².